The van der Waals surface area contributed by atoms with Crippen molar-refractivity contribution in [1.82, 2.24) is 4.90 Å². The molecule has 2 N–H and O–H groups in total. The van der Waals surface area contributed by atoms with E-state index in [2.05, 4.69) is 0 Å². The molecule has 2 atom stereocenters. The molecule has 4 nitrogen and oxygen atoms in total. The van der Waals surface area contributed by atoms with Crippen molar-refractivity contribution in [1.29, 1.82) is 0 Å². The van der Waals surface area contributed by atoms with Gasteiger partial charge in [-0.3, -0.25) is 4.79 Å². The fourth-order valence-corrected chi connectivity index (χ4v) is 3.32. The van der Waals surface area contributed by atoms with Crippen molar-refractivity contribution in [3.05, 3.63) is 35.1 Å². The van der Waals surface area contributed by atoms with Crippen LogP contribution in [0.2, 0.25) is 0 Å². The fraction of sp³-hybridized carbons (Fsp3) is 0.588. The Morgan fingerprint density at radius 3 is 2.77 bits per heavy atom. The van der Waals surface area contributed by atoms with Gasteiger partial charge < -0.3 is 15.1 Å². The second-order valence-corrected chi connectivity index (χ2v) is 6.22. The number of nitrogens with zero attached hydrogens (tertiary/aromatic N) is 1. The molecule has 1 amide bonds. The van der Waals surface area contributed by atoms with Crippen LogP contribution in [0.3, 0.4) is 0 Å². The lowest BCUT2D eigenvalue weighted by molar-refractivity contribution is -0.0714. The van der Waals surface area contributed by atoms with Gasteiger partial charge in [0, 0.05) is 18.5 Å². The number of aliphatic hydroxyl groups is 2. The summed E-state index contributed by atoms with van der Waals surface area (Å²) in [5, 5.41) is 20.1. The van der Waals surface area contributed by atoms with Gasteiger partial charge in [0.2, 0.25) is 0 Å². The van der Waals surface area contributed by atoms with Crippen molar-refractivity contribution >= 4 is 5.91 Å². The van der Waals surface area contributed by atoms with E-state index in [9.17, 15) is 19.4 Å². The third-order valence-electron chi connectivity index (χ3n) is 4.77. The van der Waals surface area contributed by atoms with Crippen LogP contribution in [0.1, 0.15) is 42.1 Å². The van der Waals surface area contributed by atoms with E-state index in [1.54, 1.807) is 19.1 Å². The van der Waals surface area contributed by atoms with E-state index < -0.39 is 23.2 Å². The maximum absolute atomic E-state index is 13.9. The predicted molar refractivity (Wildman–Crippen MR) is 82.1 cm³/mol. The van der Waals surface area contributed by atoms with Crippen molar-refractivity contribution in [2.24, 2.45) is 5.41 Å². The summed E-state index contributed by atoms with van der Waals surface area (Å²) in [4.78, 5) is 14.0. The van der Waals surface area contributed by atoms with E-state index in [1.165, 1.54) is 11.0 Å². The second-order valence-electron chi connectivity index (χ2n) is 6.22. The zero-order valence-corrected chi connectivity index (χ0v) is 13.2. The van der Waals surface area contributed by atoms with Gasteiger partial charge in [0.1, 0.15) is 5.82 Å². The van der Waals surface area contributed by atoms with Crippen LogP contribution >= 0.6 is 0 Å². The van der Waals surface area contributed by atoms with Gasteiger partial charge in [-0.15, -0.1) is 0 Å². The number of rotatable bonds is 4. The highest BCUT2D eigenvalue weighted by Gasteiger charge is 2.42. The molecule has 0 spiro atoms. The van der Waals surface area contributed by atoms with E-state index in [0.29, 0.717) is 24.9 Å². The zero-order valence-electron chi connectivity index (χ0n) is 13.2. The van der Waals surface area contributed by atoms with Crippen LogP contribution in [0.25, 0.3) is 0 Å². The Morgan fingerprint density at radius 1 is 1.50 bits per heavy atom. The maximum Gasteiger partial charge on any atom is 0.257 e. The number of carbonyl (C=O) groups is 1. The van der Waals surface area contributed by atoms with Crippen LogP contribution in [0, 0.1) is 18.2 Å². The highest BCUT2D eigenvalue weighted by molar-refractivity contribution is 5.96. The van der Waals surface area contributed by atoms with Crippen LogP contribution in [0.4, 0.5) is 4.39 Å². The van der Waals surface area contributed by atoms with Crippen molar-refractivity contribution in [2.45, 2.75) is 39.2 Å². The standard InChI is InChI=1S/C17H24FNO3/c1-3-7-17(11-20)8-9-19(10-14(17)21)16(22)15-12(2)5-4-6-13(15)18/h4-6,14,20-21H,3,7-11H2,1-2H3/t14-,17-/m1/s1. The van der Waals surface area contributed by atoms with Gasteiger partial charge in [-0.25, -0.2) is 4.39 Å². The van der Waals surface area contributed by atoms with Gasteiger partial charge in [-0.2, -0.15) is 0 Å². The molecular weight excluding hydrogens is 285 g/mol. The number of hydrogen-bond acceptors (Lipinski definition) is 3. The first-order valence-corrected chi connectivity index (χ1v) is 7.78. The highest BCUT2D eigenvalue weighted by atomic mass is 19.1. The Kier molecular flexibility index (Phi) is 5.19. The largest absolute Gasteiger partial charge is 0.396 e. The first kappa shape index (κ1) is 16.9. The zero-order chi connectivity index (χ0) is 16.3. The number of benzene rings is 1. The lowest BCUT2D eigenvalue weighted by Crippen LogP contribution is -2.54. The lowest BCUT2D eigenvalue weighted by atomic mass is 9.73. The molecule has 0 saturated carbocycles. The summed E-state index contributed by atoms with van der Waals surface area (Å²) in [5.41, 5.74) is 0.115. The summed E-state index contributed by atoms with van der Waals surface area (Å²) in [6, 6.07) is 4.55. The average Bonchev–Trinajstić information content (AvgIpc) is 2.49. The Balaban J connectivity index is 2.18. The molecule has 1 aromatic carbocycles. The number of aliphatic hydroxyl groups excluding tert-OH is 2. The van der Waals surface area contributed by atoms with E-state index >= 15 is 0 Å². The van der Waals surface area contributed by atoms with Gasteiger partial charge in [0.25, 0.3) is 5.91 Å². The molecule has 1 aromatic rings. The molecule has 0 radical (unpaired) electrons. The van der Waals surface area contributed by atoms with Gasteiger partial charge in [-0.1, -0.05) is 25.5 Å². The molecule has 0 aromatic heterocycles. The molecule has 1 fully saturated rings. The normalized spacial score (nSPS) is 25.3. The molecular formula is C17H24FNO3. The van der Waals surface area contributed by atoms with Crippen LogP contribution < -0.4 is 0 Å². The van der Waals surface area contributed by atoms with Crippen molar-refractivity contribution < 1.29 is 19.4 Å². The van der Waals surface area contributed by atoms with Gasteiger partial charge in [-0.05, 0) is 31.4 Å². The van der Waals surface area contributed by atoms with Crippen molar-refractivity contribution in [2.75, 3.05) is 19.7 Å². The summed E-state index contributed by atoms with van der Waals surface area (Å²) in [5.74, 6) is -0.926. The SMILES string of the molecule is CCC[C@]1(CO)CCN(C(=O)c2c(C)cccc2F)C[C@H]1O. The first-order valence-electron chi connectivity index (χ1n) is 7.78. The minimum absolute atomic E-state index is 0.0710. The first-order chi connectivity index (χ1) is 10.4. The quantitative estimate of drug-likeness (QED) is 0.895. The Hall–Kier alpha value is -1.46. The number of β-amino-alcohol motifs (C(OH)–C–C–N with tert-alkyl or cyclic N) is 1. The molecule has 22 heavy (non-hydrogen) atoms. The lowest BCUT2D eigenvalue weighted by Gasteiger charge is -2.44. The monoisotopic (exact) mass is 309 g/mol. The third-order valence-corrected chi connectivity index (χ3v) is 4.77. The summed E-state index contributed by atoms with van der Waals surface area (Å²) in [6.07, 6.45) is 1.31. The minimum atomic E-state index is -0.790. The topological polar surface area (TPSA) is 60.8 Å². The molecule has 1 aliphatic heterocycles. The van der Waals surface area contributed by atoms with Crippen LogP contribution in [0.15, 0.2) is 18.2 Å². The molecule has 0 bridgehead atoms. The molecule has 5 heteroatoms. The molecule has 1 aliphatic rings. The minimum Gasteiger partial charge on any atom is -0.396 e. The van der Waals surface area contributed by atoms with E-state index in [0.717, 1.165) is 6.42 Å². The Labute approximate surface area is 130 Å². The Morgan fingerprint density at radius 2 is 2.23 bits per heavy atom. The summed E-state index contributed by atoms with van der Waals surface area (Å²) >= 11 is 0. The smallest absolute Gasteiger partial charge is 0.257 e. The summed E-state index contributed by atoms with van der Waals surface area (Å²) < 4.78 is 13.9. The van der Waals surface area contributed by atoms with Crippen molar-refractivity contribution in [3.63, 3.8) is 0 Å². The number of aryl methyl sites for hydroxylation is 1. The summed E-state index contributed by atoms with van der Waals surface area (Å²) in [6.45, 7) is 4.16. The molecule has 1 saturated heterocycles. The number of likely N-dealkylation sites (tertiary alicyclic amines) is 1. The summed E-state index contributed by atoms with van der Waals surface area (Å²) in [7, 11) is 0. The fourth-order valence-electron chi connectivity index (χ4n) is 3.32. The van der Waals surface area contributed by atoms with Gasteiger partial charge >= 0.3 is 0 Å². The second kappa shape index (κ2) is 6.75. The average molecular weight is 309 g/mol. The molecule has 0 unspecified atom stereocenters. The Bertz CT molecular complexity index is 528. The molecule has 1 heterocycles. The number of halogens is 1. The van der Waals surface area contributed by atoms with E-state index in [1.807, 2.05) is 6.92 Å². The number of piperidine rings is 1. The number of amides is 1. The third kappa shape index (κ3) is 3.01. The van der Waals surface area contributed by atoms with Crippen LogP contribution in [-0.2, 0) is 0 Å². The highest BCUT2D eigenvalue weighted by Crippen LogP contribution is 2.36. The van der Waals surface area contributed by atoms with Gasteiger partial charge in [0.15, 0.2) is 0 Å². The van der Waals surface area contributed by atoms with Gasteiger partial charge in [0.05, 0.1) is 18.3 Å². The number of hydrogen-bond donors (Lipinski definition) is 2. The molecule has 0 aliphatic carbocycles. The molecule has 122 valence electrons. The van der Waals surface area contributed by atoms with Crippen LogP contribution in [-0.4, -0.2) is 46.8 Å². The maximum atomic E-state index is 13.9. The molecule has 2 rings (SSSR count). The number of carbonyl (C=O) groups excluding carboxylic acids is 1. The van der Waals surface area contributed by atoms with E-state index in [-0.39, 0.29) is 18.7 Å². The van der Waals surface area contributed by atoms with E-state index in [4.69, 9.17) is 0 Å². The van der Waals surface area contributed by atoms with Crippen LogP contribution in [0.5, 0.6) is 0 Å². The van der Waals surface area contributed by atoms with Crippen molar-refractivity contribution in [3.8, 4) is 0 Å². The predicted octanol–water partition coefficient (Wildman–Crippen LogP) is 2.12.